The van der Waals surface area contributed by atoms with E-state index in [2.05, 4.69) is 5.32 Å². The zero-order valence-electron chi connectivity index (χ0n) is 7.92. The molecule has 1 amide bonds. The van der Waals surface area contributed by atoms with E-state index in [0.29, 0.717) is 6.54 Å². The maximum atomic E-state index is 10.7. The minimum absolute atomic E-state index is 0.0261. The first-order chi connectivity index (χ1) is 6.11. The van der Waals surface area contributed by atoms with Gasteiger partial charge in [-0.3, -0.25) is 4.79 Å². The Labute approximate surface area is 77.9 Å². The van der Waals surface area contributed by atoms with E-state index >= 15 is 0 Å². The molecule has 0 aliphatic carbocycles. The summed E-state index contributed by atoms with van der Waals surface area (Å²) >= 11 is 0. The predicted molar refractivity (Wildman–Crippen MR) is 53.1 cm³/mol. The number of amides is 1. The fourth-order valence-corrected chi connectivity index (χ4v) is 1.11. The fraction of sp³-hybridized carbons (Fsp3) is 0.300. The van der Waals surface area contributed by atoms with Crippen LogP contribution in [-0.4, -0.2) is 5.91 Å². The van der Waals surface area contributed by atoms with Gasteiger partial charge in [0.05, 0.1) is 0 Å². The molecule has 1 aromatic carbocycles. The van der Waals surface area contributed by atoms with E-state index in [1.165, 1.54) is 6.92 Å². The molecule has 0 unspecified atom stereocenters. The highest BCUT2D eigenvalue weighted by Crippen LogP contribution is 2.14. The van der Waals surface area contributed by atoms with Gasteiger partial charge in [-0.2, -0.15) is 0 Å². The Morgan fingerprint density at radius 1 is 1.54 bits per heavy atom. The molecule has 0 aliphatic heterocycles. The van der Waals surface area contributed by atoms with E-state index in [1.807, 2.05) is 25.1 Å². The summed E-state index contributed by atoms with van der Waals surface area (Å²) in [5.74, 6) is -0.0261. The molecular weight excluding hydrogens is 164 g/mol. The number of anilines is 1. The van der Waals surface area contributed by atoms with E-state index < -0.39 is 0 Å². The Balaban J connectivity index is 2.77. The van der Waals surface area contributed by atoms with Crippen molar-refractivity contribution in [3.63, 3.8) is 0 Å². The van der Waals surface area contributed by atoms with Crippen molar-refractivity contribution in [2.45, 2.75) is 20.4 Å². The number of carbonyl (C=O) groups excluding carboxylic acids is 1. The first-order valence-electron chi connectivity index (χ1n) is 4.19. The number of carbonyl (C=O) groups is 1. The van der Waals surface area contributed by atoms with Crippen LogP contribution in [0.15, 0.2) is 18.2 Å². The largest absolute Gasteiger partial charge is 0.399 e. The van der Waals surface area contributed by atoms with Crippen LogP contribution < -0.4 is 11.1 Å². The highest BCUT2D eigenvalue weighted by Gasteiger charge is 2.00. The lowest BCUT2D eigenvalue weighted by atomic mass is 10.1. The third kappa shape index (κ3) is 2.47. The van der Waals surface area contributed by atoms with E-state index in [1.54, 1.807) is 0 Å². The van der Waals surface area contributed by atoms with E-state index in [4.69, 9.17) is 5.73 Å². The quantitative estimate of drug-likeness (QED) is 0.669. The van der Waals surface area contributed by atoms with Crippen LogP contribution in [0.3, 0.4) is 0 Å². The molecule has 3 nitrogen and oxygen atoms in total. The summed E-state index contributed by atoms with van der Waals surface area (Å²) in [6, 6.07) is 5.70. The second-order valence-electron chi connectivity index (χ2n) is 3.04. The Hall–Kier alpha value is -1.51. The molecule has 0 saturated heterocycles. The normalized spacial score (nSPS) is 9.69. The number of rotatable bonds is 2. The van der Waals surface area contributed by atoms with Crippen molar-refractivity contribution in [3.05, 3.63) is 29.3 Å². The number of hydrogen-bond donors (Lipinski definition) is 2. The molecule has 0 atom stereocenters. The molecule has 1 rings (SSSR count). The molecule has 0 aliphatic rings. The second-order valence-corrected chi connectivity index (χ2v) is 3.04. The lowest BCUT2D eigenvalue weighted by Gasteiger charge is -2.08. The van der Waals surface area contributed by atoms with Gasteiger partial charge in [0, 0.05) is 19.2 Å². The summed E-state index contributed by atoms with van der Waals surface area (Å²) in [7, 11) is 0. The van der Waals surface area contributed by atoms with Crippen LogP contribution >= 0.6 is 0 Å². The molecule has 1 aromatic rings. The summed E-state index contributed by atoms with van der Waals surface area (Å²) in [6.07, 6.45) is 0. The van der Waals surface area contributed by atoms with E-state index in [-0.39, 0.29) is 5.91 Å². The van der Waals surface area contributed by atoms with Gasteiger partial charge in [0.15, 0.2) is 0 Å². The third-order valence-corrected chi connectivity index (χ3v) is 2.02. The average Bonchev–Trinajstić information content (AvgIpc) is 2.07. The molecule has 0 bridgehead atoms. The molecule has 0 saturated carbocycles. The van der Waals surface area contributed by atoms with Gasteiger partial charge in [0.2, 0.25) is 5.91 Å². The third-order valence-electron chi connectivity index (χ3n) is 2.02. The van der Waals surface area contributed by atoms with Gasteiger partial charge < -0.3 is 11.1 Å². The SMILES string of the molecule is CC(=O)NCc1cccc(N)c1C. The maximum Gasteiger partial charge on any atom is 0.217 e. The lowest BCUT2D eigenvalue weighted by molar-refractivity contribution is -0.119. The summed E-state index contributed by atoms with van der Waals surface area (Å²) in [5.41, 5.74) is 8.58. The fourth-order valence-electron chi connectivity index (χ4n) is 1.11. The maximum absolute atomic E-state index is 10.7. The van der Waals surface area contributed by atoms with Crippen LogP contribution in [0.5, 0.6) is 0 Å². The number of nitrogens with two attached hydrogens (primary N) is 1. The molecular formula is C10H14N2O. The summed E-state index contributed by atoms with van der Waals surface area (Å²) in [5, 5.41) is 2.74. The van der Waals surface area contributed by atoms with Gasteiger partial charge in [-0.25, -0.2) is 0 Å². The molecule has 70 valence electrons. The smallest absolute Gasteiger partial charge is 0.217 e. The van der Waals surface area contributed by atoms with Crippen molar-refractivity contribution in [3.8, 4) is 0 Å². The Morgan fingerprint density at radius 2 is 2.23 bits per heavy atom. The summed E-state index contributed by atoms with van der Waals surface area (Å²) < 4.78 is 0. The van der Waals surface area contributed by atoms with Crippen molar-refractivity contribution in [2.75, 3.05) is 5.73 Å². The van der Waals surface area contributed by atoms with Gasteiger partial charge in [-0.15, -0.1) is 0 Å². The van der Waals surface area contributed by atoms with Crippen molar-refractivity contribution >= 4 is 11.6 Å². The molecule has 0 spiro atoms. The predicted octanol–water partition coefficient (Wildman–Crippen LogP) is 1.21. The topological polar surface area (TPSA) is 55.1 Å². The molecule has 0 radical (unpaired) electrons. The van der Waals surface area contributed by atoms with Crippen LogP contribution in [0, 0.1) is 6.92 Å². The van der Waals surface area contributed by atoms with Crippen molar-refractivity contribution in [1.82, 2.24) is 5.32 Å². The highest BCUT2D eigenvalue weighted by atomic mass is 16.1. The first kappa shape index (κ1) is 9.58. The zero-order valence-corrected chi connectivity index (χ0v) is 7.92. The second kappa shape index (κ2) is 3.94. The Kier molecular flexibility index (Phi) is 2.90. The van der Waals surface area contributed by atoms with Crippen molar-refractivity contribution in [2.24, 2.45) is 0 Å². The van der Waals surface area contributed by atoms with Crippen molar-refractivity contribution < 1.29 is 4.79 Å². The minimum atomic E-state index is -0.0261. The zero-order chi connectivity index (χ0) is 9.84. The average molecular weight is 178 g/mol. The van der Waals surface area contributed by atoms with E-state index in [0.717, 1.165) is 16.8 Å². The van der Waals surface area contributed by atoms with E-state index in [9.17, 15) is 4.79 Å². The monoisotopic (exact) mass is 178 g/mol. The highest BCUT2D eigenvalue weighted by molar-refractivity contribution is 5.72. The van der Waals surface area contributed by atoms with Crippen LogP contribution in [0.2, 0.25) is 0 Å². The molecule has 0 heterocycles. The van der Waals surface area contributed by atoms with Crippen LogP contribution in [0.25, 0.3) is 0 Å². The van der Waals surface area contributed by atoms with Crippen LogP contribution in [0.1, 0.15) is 18.1 Å². The van der Waals surface area contributed by atoms with Gasteiger partial charge in [-0.05, 0) is 24.1 Å². The lowest BCUT2D eigenvalue weighted by Crippen LogP contribution is -2.19. The van der Waals surface area contributed by atoms with Gasteiger partial charge >= 0.3 is 0 Å². The first-order valence-corrected chi connectivity index (χ1v) is 4.19. The Bertz CT molecular complexity index is 321. The number of nitrogens with one attached hydrogen (secondary N) is 1. The number of hydrogen-bond acceptors (Lipinski definition) is 2. The van der Waals surface area contributed by atoms with Gasteiger partial charge in [0.1, 0.15) is 0 Å². The standard InChI is InChI=1S/C10H14N2O/c1-7-9(6-12-8(2)13)4-3-5-10(7)11/h3-5H,6,11H2,1-2H3,(H,12,13). The van der Waals surface area contributed by atoms with Crippen LogP contribution in [-0.2, 0) is 11.3 Å². The van der Waals surface area contributed by atoms with Gasteiger partial charge in [0.25, 0.3) is 0 Å². The minimum Gasteiger partial charge on any atom is -0.399 e. The Morgan fingerprint density at radius 3 is 2.85 bits per heavy atom. The summed E-state index contributed by atoms with van der Waals surface area (Å²) in [4.78, 5) is 10.7. The number of benzene rings is 1. The van der Waals surface area contributed by atoms with Crippen molar-refractivity contribution in [1.29, 1.82) is 0 Å². The number of nitrogen functional groups attached to an aromatic ring is 1. The van der Waals surface area contributed by atoms with Gasteiger partial charge in [-0.1, -0.05) is 12.1 Å². The molecule has 0 fully saturated rings. The summed E-state index contributed by atoms with van der Waals surface area (Å²) in [6.45, 7) is 4.00. The molecule has 3 N–H and O–H groups in total. The van der Waals surface area contributed by atoms with Crippen LogP contribution in [0.4, 0.5) is 5.69 Å². The molecule has 0 aromatic heterocycles. The molecule has 13 heavy (non-hydrogen) atoms. The molecule has 3 heteroatoms.